The molecule has 0 radical (unpaired) electrons. The number of esters is 3. The van der Waals surface area contributed by atoms with E-state index in [1.807, 2.05) is 0 Å². The first-order valence-electron chi connectivity index (χ1n) is 24.9. The molecular formula is C50H96O6. The Labute approximate surface area is 348 Å². The van der Waals surface area contributed by atoms with Gasteiger partial charge in [0.25, 0.3) is 0 Å². The SMILES string of the molecule is CCCCCCCCCCCCCCCCCC(=O)O[C@H](COC(=O)CCCCCCCCC)COC(=O)CCCCCCCCCCCCCCCC(C)C. The molecule has 0 saturated carbocycles. The van der Waals surface area contributed by atoms with Crippen LogP contribution in [-0.2, 0) is 28.6 Å². The maximum absolute atomic E-state index is 12.7. The van der Waals surface area contributed by atoms with Crippen molar-refractivity contribution in [2.24, 2.45) is 5.92 Å². The van der Waals surface area contributed by atoms with Gasteiger partial charge in [-0.3, -0.25) is 14.4 Å². The molecule has 0 saturated heterocycles. The molecule has 0 bridgehead atoms. The molecule has 0 aliphatic rings. The van der Waals surface area contributed by atoms with Crippen LogP contribution in [0.15, 0.2) is 0 Å². The first-order valence-corrected chi connectivity index (χ1v) is 24.9. The normalized spacial score (nSPS) is 11.9. The lowest BCUT2D eigenvalue weighted by Gasteiger charge is -2.18. The second-order valence-electron chi connectivity index (χ2n) is 17.6. The summed E-state index contributed by atoms with van der Waals surface area (Å²) in [6.45, 7) is 8.99. The van der Waals surface area contributed by atoms with E-state index in [2.05, 4.69) is 27.7 Å². The van der Waals surface area contributed by atoms with E-state index >= 15 is 0 Å². The van der Waals surface area contributed by atoms with Gasteiger partial charge in [0.1, 0.15) is 13.2 Å². The van der Waals surface area contributed by atoms with Gasteiger partial charge >= 0.3 is 17.9 Å². The zero-order valence-electron chi connectivity index (χ0n) is 38.1. The summed E-state index contributed by atoms with van der Waals surface area (Å²) in [5.74, 6) is -0.0137. The van der Waals surface area contributed by atoms with Crippen molar-refractivity contribution in [2.75, 3.05) is 13.2 Å². The summed E-state index contributed by atoms with van der Waals surface area (Å²) in [5.41, 5.74) is 0. The quantitative estimate of drug-likeness (QED) is 0.0347. The van der Waals surface area contributed by atoms with Gasteiger partial charge in [-0.1, -0.05) is 240 Å². The third kappa shape index (κ3) is 43.5. The fourth-order valence-electron chi connectivity index (χ4n) is 7.51. The van der Waals surface area contributed by atoms with Crippen molar-refractivity contribution in [1.29, 1.82) is 0 Å². The molecule has 1 atom stereocenters. The molecule has 0 unspecified atom stereocenters. The van der Waals surface area contributed by atoms with Gasteiger partial charge in [0.15, 0.2) is 6.10 Å². The Morgan fingerprint density at radius 2 is 0.589 bits per heavy atom. The summed E-state index contributed by atoms with van der Waals surface area (Å²) in [7, 11) is 0. The van der Waals surface area contributed by atoms with Crippen LogP contribution in [0.1, 0.15) is 278 Å². The average molecular weight is 793 g/mol. The number of carbonyl (C=O) groups excluding carboxylic acids is 3. The fraction of sp³-hybridized carbons (Fsp3) is 0.940. The van der Waals surface area contributed by atoms with Crippen LogP contribution < -0.4 is 0 Å². The van der Waals surface area contributed by atoms with E-state index in [1.165, 1.54) is 173 Å². The molecule has 0 aliphatic heterocycles. The third-order valence-corrected chi connectivity index (χ3v) is 11.3. The van der Waals surface area contributed by atoms with Gasteiger partial charge in [-0.15, -0.1) is 0 Å². The average Bonchev–Trinajstić information content (AvgIpc) is 3.18. The molecule has 0 N–H and O–H groups in total. The molecule has 332 valence electrons. The van der Waals surface area contributed by atoms with E-state index in [-0.39, 0.29) is 31.1 Å². The van der Waals surface area contributed by atoms with Gasteiger partial charge in [0, 0.05) is 19.3 Å². The highest BCUT2D eigenvalue weighted by Crippen LogP contribution is 2.17. The van der Waals surface area contributed by atoms with Crippen molar-refractivity contribution in [2.45, 2.75) is 284 Å². The molecule has 0 heterocycles. The summed E-state index contributed by atoms with van der Waals surface area (Å²) < 4.78 is 16.7. The molecule has 0 aromatic carbocycles. The molecule has 0 aliphatic carbocycles. The molecule has 0 aromatic rings. The molecule has 6 nitrogen and oxygen atoms in total. The lowest BCUT2D eigenvalue weighted by Crippen LogP contribution is -2.30. The Balaban J connectivity index is 4.21. The molecule has 0 spiro atoms. The van der Waals surface area contributed by atoms with Gasteiger partial charge in [0.2, 0.25) is 0 Å². The largest absolute Gasteiger partial charge is 0.462 e. The first kappa shape index (κ1) is 54.4. The Morgan fingerprint density at radius 3 is 0.875 bits per heavy atom. The van der Waals surface area contributed by atoms with E-state index in [0.29, 0.717) is 19.3 Å². The first-order chi connectivity index (χ1) is 27.4. The third-order valence-electron chi connectivity index (χ3n) is 11.3. The highest BCUT2D eigenvalue weighted by atomic mass is 16.6. The van der Waals surface area contributed by atoms with Crippen LogP contribution in [0.4, 0.5) is 0 Å². The van der Waals surface area contributed by atoms with Crippen molar-refractivity contribution < 1.29 is 28.6 Å². The Kier molecular flexibility index (Phi) is 43.2. The minimum Gasteiger partial charge on any atom is -0.462 e. The summed E-state index contributed by atoms with van der Waals surface area (Å²) >= 11 is 0. The Morgan fingerprint density at radius 1 is 0.339 bits per heavy atom. The zero-order valence-corrected chi connectivity index (χ0v) is 38.1. The number of carbonyl (C=O) groups is 3. The smallest absolute Gasteiger partial charge is 0.306 e. The predicted molar refractivity (Wildman–Crippen MR) is 238 cm³/mol. The Hall–Kier alpha value is -1.59. The van der Waals surface area contributed by atoms with Crippen LogP contribution >= 0.6 is 0 Å². The number of ether oxygens (including phenoxy) is 3. The van der Waals surface area contributed by atoms with Gasteiger partial charge in [0.05, 0.1) is 0 Å². The lowest BCUT2D eigenvalue weighted by molar-refractivity contribution is -0.167. The molecule has 0 rings (SSSR count). The minimum atomic E-state index is -0.759. The zero-order chi connectivity index (χ0) is 41.0. The molecule has 6 heteroatoms. The summed E-state index contributed by atoms with van der Waals surface area (Å²) in [6.07, 6.45) is 45.3. The maximum Gasteiger partial charge on any atom is 0.306 e. The van der Waals surface area contributed by atoms with Gasteiger partial charge in [-0.05, 0) is 25.2 Å². The Bertz CT molecular complexity index is 841. The standard InChI is InChI=1S/C50H96O6/c1-5-7-9-11-13-14-15-16-17-20-24-27-31-35-39-43-50(53)56-47(44-54-48(51)41-37-33-28-12-10-8-6-2)45-55-49(52)42-38-34-30-26-23-21-18-19-22-25-29-32-36-40-46(3)4/h46-47H,5-45H2,1-4H3/t47-/m1/s1. The summed E-state index contributed by atoms with van der Waals surface area (Å²) in [4.78, 5) is 37.7. The summed E-state index contributed by atoms with van der Waals surface area (Å²) in [5, 5.41) is 0. The van der Waals surface area contributed by atoms with Crippen molar-refractivity contribution >= 4 is 17.9 Å². The minimum absolute atomic E-state index is 0.0634. The molecule has 0 amide bonds. The summed E-state index contributed by atoms with van der Waals surface area (Å²) in [6, 6.07) is 0. The number of hydrogen-bond acceptors (Lipinski definition) is 6. The predicted octanol–water partition coefficient (Wildman–Crippen LogP) is 15.9. The van der Waals surface area contributed by atoms with Crippen molar-refractivity contribution in [3.8, 4) is 0 Å². The maximum atomic E-state index is 12.7. The number of hydrogen-bond donors (Lipinski definition) is 0. The highest BCUT2D eigenvalue weighted by Gasteiger charge is 2.19. The van der Waals surface area contributed by atoms with E-state index in [9.17, 15) is 14.4 Å². The van der Waals surface area contributed by atoms with Gasteiger partial charge in [-0.2, -0.15) is 0 Å². The molecule has 56 heavy (non-hydrogen) atoms. The fourth-order valence-corrected chi connectivity index (χ4v) is 7.51. The van der Waals surface area contributed by atoms with E-state index < -0.39 is 6.10 Å². The molecule has 0 aromatic heterocycles. The van der Waals surface area contributed by atoms with Crippen LogP contribution in [0, 0.1) is 5.92 Å². The second kappa shape index (κ2) is 44.5. The van der Waals surface area contributed by atoms with Crippen LogP contribution in [0.2, 0.25) is 0 Å². The van der Waals surface area contributed by atoms with Crippen LogP contribution in [0.5, 0.6) is 0 Å². The lowest BCUT2D eigenvalue weighted by atomic mass is 10.0. The van der Waals surface area contributed by atoms with Crippen molar-refractivity contribution in [3.05, 3.63) is 0 Å². The number of unbranched alkanes of at least 4 members (excludes halogenated alkanes) is 32. The van der Waals surface area contributed by atoms with Crippen LogP contribution in [0.25, 0.3) is 0 Å². The van der Waals surface area contributed by atoms with Gasteiger partial charge < -0.3 is 14.2 Å². The van der Waals surface area contributed by atoms with Crippen LogP contribution in [0.3, 0.4) is 0 Å². The van der Waals surface area contributed by atoms with E-state index in [0.717, 1.165) is 63.7 Å². The van der Waals surface area contributed by atoms with Crippen molar-refractivity contribution in [3.63, 3.8) is 0 Å². The van der Waals surface area contributed by atoms with E-state index in [1.54, 1.807) is 0 Å². The monoisotopic (exact) mass is 793 g/mol. The second-order valence-corrected chi connectivity index (χ2v) is 17.6. The van der Waals surface area contributed by atoms with Crippen LogP contribution in [-0.4, -0.2) is 37.2 Å². The highest BCUT2D eigenvalue weighted by molar-refractivity contribution is 5.71. The topological polar surface area (TPSA) is 78.9 Å². The van der Waals surface area contributed by atoms with Crippen molar-refractivity contribution in [1.82, 2.24) is 0 Å². The van der Waals surface area contributed by atoms with E-state index in [4.69, 9.17) is 14.2 Å². The van der Waals surface area contributed by atoms with Gasteiger partial charge in [-0.25, -0.2) is 0 Å². The molecule has 0 fully saturated rings. The molecular weight excluding hydrogens is 697 g/mol. The number of rotatable bonds is 45.